The molecule has 5 nitrogen and oxygen atoms in total. The van der Waals surface area contributed by atoms with E-state index >= 15 is 0 Å². The standard InChI is InChI=1S/C15H29NO4/c1-3-18-11-7-16(8-12-19-4-2)13-15(14-17)5-9-20-10-6-15/h14H,3-13H2,1-2H3. The van der Waals surface area contributed by atoms with Gasteiger partial charge in [-0.05, 0) is 26.7 Å². The highest BCUT2D eigenvalue weighted by molar-refractivity contribution is 5.60. The third-order valence-electron chi connectivity index (χ3n) is 3.79. The molecule has 1 rings (SSSR count). The van der Waals surface area contributed by atoms with E-state index in [1.807, 2.05) is 13.8 Å². The Bertz CT molecular complexity index is 244. The number of carbonyl (C=O) groups excluding carboxylic acids is 1. The van der Waals surface area contributed by atoms with Crippen LogP contribution in [0.5, 0.6) is 0 Å². The maximum Gasteiger partial charge on any atom is 0.127 e. The molecule has 0 aromatic heterocycles. The first-order valence-corrected chi connectivity index (χ1v) is 7.68. The summed E-state index contributed by atoms with van der Waals surface area (Å²) < 4.78 is 16.2. The Kier molecular flexibility index (Phi) is 9.02. The molecule has 0 aromatic rings. The number of aldehydes is 1. The van der Waals surface area contributed by atoms with Gasteiger partial charge in [-0.25, -0.2) is 0 Å². The van der Waals surface area contributed by atoms with E-state index in [1.165, 1.54) is 0 Å². The zero-order valence-electron chi connectivity index (χ0n) is 12.9. The quantitative estimate of drug-likeness (QED) is 0.424. The second-order valence-electron chi connectivity index (χ2n) is 5.26. The Balaban J connectivity index is 2.48. The van der Waals surface area contributed by atoms with Crippen molar-refractivity contribution in [3.63, 3.8) is 0 Å². The number of carbonyl (C=O) groups is 1. The molecule has 0 bridgehead atoms. The average Bonchev–Trinajstić information content (AvgIpc) is 2.48. The van der Waals surface area contributed by atoms with Crippen molar-refractivity contribution in [2.24, 2.45) is 5.41 Å². The maximum atomic E-state index is 11.5. The minimum absolute atomic E-state index is 0.253. The number of ether oxygens (including phenoxy) is 3. The zero-order valence-corrected chi connectivity index (χ0v) is 12.9. The highest BCUT2D eigenvalue weighted by atomic mass is 16.5. The number of hydrogen-bond acceptors (Lipinski definition) is 5. The fourth-order valence-electron chi connectivity index (χ4n) is 2.48. The number of rotatable bonds is 11. The van der Waals surface area contributed by atoms with Gasteiger partial charge in [0, 0.05) is 51.5 Å². The summed E-state index contributed by atoms with van der Waals surface area (Å²) in [6, 6.07) is 0. The van der Waals surface area contributed by atoms with E-state index in [-0.39, 0.29) is 5.41 Å². The van der Waals surface area contributed by atoms with Gasteiger partial charge in [-0.3, -0.25) is 4.90 Å². The van der Waals surface area contributed by atoms with Gasteiger partial charge >= 0.3 is 0 Å². The summed E-state index contributed by atoms with van der Waals surface area (Å²) >= 11 is 0. The molecule has 1 aliphatic heterocycles. The summed E-state index contributed by atoms with van der Waals surface area (Å²) in [4.78, 5) is 13.8. The first-order chi connectivity index (χ1) is 9.76. The van der Waals surface area contributed by atoms with Crippen LogP contribution in [0.15, 0.2) is 0 Å². The van der Waals surface area contributed by atoms with Crippen LogP contribution in [-0.4, -0.2) is 70.5 Å². The predicted octanol–water partition coefficient (Wildman–Crippen LogP) is 1.36. The van der Waals surface area contributed by atoms with Gasteiger partial charge in [-0.2, -0.15) is 0 Å². The maximum absolute atomic E-state index is 11.5. The predicted molar refractivity (Wildman–Crippen MR) is 78.0 cm³/mol. The van der Waals surface area contributed by atoms with E-state index < -0.39 is 0 Å². The van der Waals surface area contributed by atoms with E-state index in [0.717, 1.165) is 52.0 Å². The first-order valence-electron chi connectivity index (χ1n) is 7.68. The molecule has 0 atom stereocenters. The monoisotopic (exact) mass is 287 g/mol. The van der Waals surface area contributed by atoms with Gasteiger partial charge in [0.2, 0.25) is 0 Å². The van der Waals surface area contributed by atoms with Gasteiger partial charge in [-0.1, -0.05) is 0 Å². The third-order valence-corrected chi connectivity index (χ3v) is 3.79. The molecule has 0 amide bonds. The lowest BCUT2D eigenvalue weighted by Crippen LogP contribution is -2.44. The summed E-state index contributed by atoms with van der Waals surface area (Å²) in [5.74, 6) is 0. The van der Waals surface area contributed by atoms with Crippen LogP contribution in [-0.2, 0) is 19.0 Å². The molecule has 0 N–H and O–H groups in total. The minimum atomic E-state index is -0.253. The van der Waals surface area contributed by atoms with Crippen LogP contribution in [0.25, 0.3) is 0 Å². The molecule has 0 spiro atoms. The lowest BCUT2D eigenvalue weighted by molar-refractivity contribution is -0.123. The van der Waals surface area contributed by atoms with Crippen molar-refractivity contribution in [1.29, 1.82) is 0 Å². The first kappa shape index (κ1) is 17.6. The molecule has 0 aliphatic carbocycles. The molecule has 1 saturated heterocycles. The second-order valence-corrected chi connectivity index (χ2v) is 5.26. The molecule has 20 heavy (non-hydrogen) atoms. The van der Waals surface area contributed by atoms with Crippen molar-refractivity contribution < 1.29 is 19.0 Å². The van der Waals surface area contributed by atoms with E-state index in [4.69, 9.17) is 14.2 Å². The van der Waals surface area contributed by atoms with Gasteiger partial charge in [-0.15, -0.1) is 0 Å². The Labute approximate surface area is 122 Å². The van der Waals surface area contributed by atoms with Crippen LogP contribution in [0.4, 0.5) is 0 Å². The van der Waals surface area contributed by atoms with Gasteiger partial charge < -0.3 is 19.0 Å². The van der Waals surface area contributed by atoms with Crippen molar-refractivity contribution >= 4 is 6.29 Å². The highest BCUT2D eigenvalue weighted by Gasteiger charge is 2.34. The largest absolute Gasteiger partial charge is 0.381 e. The molecule has 0 radical (unpaired) electrons. The van der Waals surface area contributed by atoms with E-state index in [1.54, 1.807) is 0 Å². The smallest absolute Gasteiger partial charge is 0.127 e. The Morgan fingerprint density at radius 1 is 1.10 bits per heavy atom. The summed E-state index contributed by atoms with van der Waals surface area (Å²) in [5, 5.41) is 0. The molecule has 0 saturated carbocycles. The Morgan fingerprint density at radius 2 is 1.65 bits per heavy atom. The van der Waals surface area contributed by atoms with E-state index in [0.29, 0.717) is 26.4 Å². The molecular weight excluding hydrogens is 258 g/mol. The van der Waals surface area contributed by atoms with Crippen LogP contribution in [0.1, 0.15) is 26.7 Å². The van der Waals surface area contributed by atoms with Gasteiger partial charge in [0.1, 0.15) is 6.29 Å². The van der Waals surface area contributed by atoms with E-state index in [9.17, 15) is 4.79 Å². The molecule has 5 heteroatoms. The van der Waals surface area contributed by atoms with Crippen molar-refractivity contribution in [2.45, 2.75) is 26.7 Å². The Hall–Kier alpha value is -0.490. The Morgan fingerprint density at radius 3 is 2.10 bits per heavy atom. The van der Waals surface area contributed by atoms with Crippen molar-refractivity contribution in [2.75, 3.05) is 59.3 Å². The van der Waals surface area contributed by atoms with Crippen molar-refractivity contribution in [3.8, 4) is 0 Å². The second kappa shape index (κ2) is 10.3. The van der Waals surface area contributed by atoms with Crippen LogP contribution < -0.4 is 0 Å². The summed E-state index contributed by atoms with van der Waals surface area (Å²) in [6.45, 7) is 10.7. The van der Waals surface area contributed by atoms with Crippen LogP contribution in [0.3, 0.4) is 0 Å². The highest BCUT2D eigenvalue weighted by Crippen LogP contribution is 2.29. The molecular formula is C15H29NO4. The molecule has 0 aromatic carbocycles. The molecule has 1 aliphatic rings. The normalized spacial score (nSPS) is 18.4. The fourth-order valence-corrected chi connectivity index (χ4v) is 2.48. The van der Waals surface area contributed by atoms with Gasteiger partial charge in [0.15, 0.2) is 0 Å². The summed E-state index contributed by atoms with van der Waals surface area (Å²) in [5.41, 5.74) is -0.253. The van der Waals surface area contributed by atoms with Crippen molar-refractivity contribution in [1.82, 2.24) is 4.90 Å². The lowest BCUT2D eigenvalue weighted by Gasteiger charge is -2.36. The molecule has 1 fully saturated rings. The molecule has 1 heterocycles. The zero-order chi connectivity index (χ0) is 14.7. The number of nitrogens with zero attached hydrogens (tertiary/aromatic N) is 1. The van der Waals surface area contributed by atoms with E-state index in [2.05, 4.69) is 4.90 Å². The summed E-state index contributed by atoms with van der Waals surface area (Å²) in [6.07, 6.45) is 2.76. The SMILES string of the molecule is CCOCCN(CCOCC)CC1(C=O)CCOCC1. The van der Waals surface area contributed by atoms with Gasteiger partial charge in [0.05, 0.1) is 13.2 Å². The fraction of sp³-hybridized carbons (Fsp3) is 0.933. The molecule has 118 valence electrons. The van der Waals surface area contributed by atoms with Crippen LogP contribution >= 0.6 is 0 Å². The average molecular weight is 287 g/mol. The topological polar surface area (TPSA) is 48.0 Å². The van der Waals surface area contributed by atoms with Gasteiger partial charge in [0.25, 0.3) is 0 Å². The third kappa shape index (κ3) is 6.31. The molecule has 0 unspecified atom stereocenters. The van der Waals surface area contributed by atoms with Crippen LogP contribution in [0.2, 0.25) is 0 Å². The van der Waals surface area contributed by atoms with Crippen molar-refractivity contribution in [3.05, 3.63) is 0 Å². The number of hydrogen-bond donors (Lipinski definition) is 0. The minimum Gasteiger partial charge on any atom is -0.381 e. The lowest BCUT2D eigenvalue weighted by atomic mass is 9.81. The van der Waals surface area contributed by atoms with Crippen LogP contribution in [0, 0.1) is 5.41 Å². The summed E-state index contributed by atoms with van der Waals surface area (Å²) in [7, 11) is 0.